The van der Waals surface area contributed by atoms with E-state index in [2.05, 4.69) is 50.2 Å². The van der Waals surface area contributed by atoms with E-state index in [-0.39, 0.29) is 53.5 Å². The number of fused-ring (bicyclic) bond motifs is 4. The van der Waals surface area contributed by atoms with E-state index >= 15 is 0 Å². The third kappa shape index (κ3) is 9.11. The van der Waals surface area contributed by atoms with Crippen molar-refractivity contribution in [2.24, 2.45) is 11.8 Å². The molecule has 4 unspecified atom stereocenters. The topological polar surface area (TPSA) is 213 Å². The Bertz CT molecular complexity index is 2710. The van der Waals surface area contributed by atoms with Gasteiger partial charge in [-0.3, -0.25) is 14.4 Å². The minimum atomic E-state index is -0.722. The molecule has 6 atom stereocenters. The van der Waals surface area contributed by atoms with Crippen LogP contribution in [0.4, 0.5) is 15.3 Å². The van der Waals surface area contributed by atoms with Crippen LogP contribution in [0.25, 0.3) is 22.1 Å². The molecule has 5 aromatic rings. The van der Waals surface area contributed by atoms with E-state index in [4.69, 9.17) is 24.2 Å². The number of aromatic amines is 2. The maximum atomic E-state index is 14.0. The lowest BCUT2D eigenvalue weighted by Crippen LogP contribution is -2.51. The van der Waals surface area contributed by atoms with Gasteiger partial charge in [0.15, 0.2) is 0 Å². The molecule has 0 aliphatic carbocycles. The average Bonchev–Trinajstić information content (AvgIpc) is 4.13. The van der Waals surface area contributed by atoms with Gasteiger partial charge < -0.3 is 49.9 Å². The Hall–Kier alpha value is -6.65. The van der Waals surface area contributed by atoms with Crippen LogP contribution in [-0.4, -0.2) is 106 Å². The lowest BCUT2D eigenvalue weighted by Gasteiger charge is -2.29. The van der Waals surface area contributed by atoms with Crippen LogP contribution in [0, 0.1) is 11.8 Å². The van der Waals surface area contributed by atoms with Crippen LogP contribution in [0.15, 0.2) is 48.5 Å². The summed E-state index contributed by atoms with van der Waals surface area (Å²) in [5, 5.41) is 8.67. The smallest absolute Gasteiger partial charge is 0.407 e. The molecule has 0 radical (unpaired) electrons. The van der Waals surface area contributed by atoms with Gasteiger partial charge in [-0.25, -0.2) is 19.6 Å². The van der Waals surface area contributed by atoms with Gasteiger partial charge in [0.2, 0.25) is 17.7 Å². The molecule has 4 aliphatic heterocycles. The Balaban J connectivity index is 0.857. The number of rotatable bonds is 10. The van der Waals surface area contributed by atoms with Crippen LogP contribution in [0.5, 0.6) is 5.75 Å². The van der Waals surface area contributed by atoms with Crippen LogP contribution in [0.3, 0.4) is 0 Å². The Morgan fingerprint density at radius 2 is 1.24 bits per heavy atom. The number of amides is 5. The second-order valence-corrected chi connectivity index (χ2v) is 19.1. The minimum Gasteiger partial charge on any atom is -0.493 e. The van der Waals surface area contributed by atoms with Crippen molar-refractivity contribution in [2.75, 3.05) is 39.2 Å². The number of hydrogen-bond donors (Lipinski definition) is 5. The number of H-pyrrole nitrogens is 2. The molecule has 354 valence electrons. The number of nitrogens with zero attached hydrogens (tertiary/aromatic N) is 4. The zero-order chi connectivity index (χ0) is 47.1. The Morgan fingerprint density at radius 1 is 0.701 bits per heavy atom. The molecule has 0 bridgehead atoms. The van der Waals surface area contributed by atoms with Crippen LogP contribution < -0.4 is 20.7 Å². The molecule has 2 saturated heterocycles. The standard InChI is InChI=1S/C50H61N9O8/c1-26(2)42(56-49(63)65-5)47(61)58-19-7-9-39(58)44-51-34-17-14-28(21-37(34)53-44)32-12-11-31-23-36-30(24-41(31)67-25-32)13-16-33(46(60)55-36)29-15-18-35-38(22-29)54-45(52-35)40-10-8-20-59(40)48(62)43(27(3)4)57-50(64)66-6/h14-15,17-18,21-24,26-27,32-33,39-40,42-43H,7-13,16,19-20,25H2,1-6H3,(H,51,53)(H,52,54)(H,55,60)(H,56,63)(H,57,64)/t32?,33?,39?,40?,42-,43+/m1/s1. The number of hydrogen-bond acceptors (Lipinski definition) is 10. The maximum Gasteiger partial charge on any atom is 0.407 e. The zero-order valence-corrected chi connectivity index (χ0v) is 39.1. The number of likely N-dealkylation sites (tertiary alicyclic amines) is 2. The number of benzene rings is 3. The Labute approximate surface area is 389 Å². The van der Waals surface area contributed by atoms with Crippen molar-refractivity contribution in [3.05, 3.63) is 82.4 Å². The molecule has 17 heteroatoms. The predicted molar refractivity (Wildman–Crippen MR) is 251 cm³/mol. The average molecular weight is 916 g/mol. The first kappa shape index (κ1) is 45.5. The number of alkyl carbamates (subject to hydrolysis) is 2. The second kappa shape index (κ2) is 18.9. The molecule has 9 rings (SSSR count). The minimum absolute atomic E-state index is 0.0643. The van der Waals surface area contributed by atoms with Gasteiger partial charge in [-0.15, -0.1) is 0 Å². The van der Waals surface area contributed by atoms with Gasteiger partial charge in [-0.05, 0) is 122 Å². The van der Waals surface area contributed by atoms with Crippen LogP contribution in [0.2, 0.25) is 0 Å². The number of carbonyl (C=O) groups excluding carboxylic acids is 5. The van der Waals surface area contributed by atoms with Crippen LogP contribution >= 0.6 is 0 Å². The first-order chi connectivity index (χ1) is 32.3. The molecule has 17 nitrogen and oxygen atoms in total. The van der Waals surface area contributed by atoms with Crippen molar-refractivity contribution in [3.63, 3.8) is 0 Å². The molecule has 5 amide bonds. The monoisotopic (exact) mass is 915 g/mol. The quantitative estimate of drug-likeness (QED) is 0.0943. The van der Waals surface area contributed by atoms with E-state index in [1.165, 1.54) is 14.2 Å². The summed E-state index contributed by atoms with van der Waals surface area (Å²) in [5.74, 6) is 1.38. The van der Waals surface area contributed by atoms with Crippen LogP contribution in [-0.2, 0) is 36.7 Å². The third-order valence-corrected chi connectivity index (χ3v) is 14.2. The zero-order valence-electron chi connectivity index (χ0n) is 39.1. The number of anilines is 1. The van der Waals surface area contributed by atoms with Crippen molar-refractivity contribution in [1.29, 1.82) is 0 Å². The summed E-state index contributed by atoms with van der Waals surface area (Å²) in [6, 6.07) is 14.5. The first-order valence-corrected chi connectivity index (χ1v) is 23.7. The molecular formula is C50H61N9O8. The van der Waals surface area contributed by atoms with Crippen molar-refractivity contribution in [3.8, 4) is 5.75 Å². The molecule has 2 aromatic heterocycles. The van der Waals surface area contributed by atoms with Crippen molar-refractivity contribution < 1.29 is 38.2 Å². The van der Waals surface area contributed by atoms with Crippen molar-refractivity contribution in [2.45, 2.75) is 115 Å². The number of aromatic nitrogens is 4. The summed E-state index contributed by atoms with van der Waals surface area (Å²) in [4.78, 5) is 86.0. The summed E-state index contributed by atoms with van der Waals surface area (Å²) >= 11 is 0. The molecule has 0 saturated carbocycles. The first-order valence-electron chi connectivity index (χ1n) is 23.7. The lowest BCUT2D eigenvalue weighted by atomic mass is 9.91. The van der Waals surface area contributed by atoms with Gasteiger partial charge in [0, 0.05) is 24.7 Å². The molecule has 2 fully saturated rings. The second-order valence-electron chi connectivity index (χ2n) is 19.1. The number of carbonyl (C=O) groups is 5. The van der Waals surface area contributed by atoms with E-state index in [1.807, 2.05) is 56.9 Å². The highest BCUT2D eigenvalue weighted by molar-refractivity contribution is 5.98. The van der Waals surface area contributed by atoms with Crippen molar-refractivity contribution in [1.82, 2.24) is 40.4 Å². The van der Waals surface area contributed by atoms with Crippen molar-refractivity contribution >= 4 is 57.7 Å². The highest BCUT2D eigenvalue weighted by Crippen LogP contribution is 2.40. The lowest BCUT2D eigenvalue weighted by molar-refractivity contribution is -0.136. The number of aryl methyl sites for hydroxylation is 2. The summed E-state index contributed by atoms with van der Waals surface area (Å²) in [5.41, 5.74) is 8.22. The fourth-order valence-electron chi connectivity index (χ4n) is 10.4. The SMILES string of the molecule is COC(=O)N[C@H](C(=O)N1CCCC1c1nc2ccc(C3CCc4cc5c(cc4NC3=O)CCC(c3ccc4nc(C6CCCN6C(=O)[C@H](NC(=O)OC)C(C)C)[nH]c4c3)CO5)cc2[nH]1)C(C)C. The van der Waals surface area contributed by atoms with Crippen LogP contribution in [0.1, 0.15) is 124 Å². The normalized spacial score (nSPS) is 21.5. The summed E-state index contributed by atoms with van der Waals surface area (Å²) < 4.78 is 16.1. The number of imidazole rings is 2. The fourth-order valence-corrected chi connectivity index (χ4v) is 10.4. The number of ether oxygens (including phenoxy) is 3. The largest absolute Gasteiger partial charge is 0.493 e. The summed E-state index contributed by atoms with van der Waals surface area (Å²) in [6.45, 7) is 9.25. The highest BCUT2D eigenvalue weighted by Gasteiger charge is 2.39. The fraction of sp³-hybridized carbons (Fsp3) is 0.500. The van der Waals surface area contributed by atoms with Gasteiger partial charge in [0.1, 0.15) is 29.5 Å². The maximum absolute atomic E-state index is 14.0. The molecule has 5 N–H and O–H groups in total. The van der Waals surface area contributed by atoms with E-state index < -0.39 is 24.3 Å². The summed E-state index contributed by atoms with van der Waals surface area (Å²) in [7, 11) is 2.58. The van der Waals surface area contributed by atoms with E-state index in [0.29, 0.717) is 38.4 Å². The number of methoxy groups -OCH3 is 2. The molecule has 4 aliphatic rings. The predicted octanol–water partition coefficient (Wildman–Crippen LogP) is 7.30. The van der Waals surface area contributed by atoms with E-state index in [9.17, 15) is 24.0 Å². The third-order valence-electron chi connectivity index (χ3n) is 14.2. The Morgan fingerprint density at radius 3 is 1.79 bits per heavy atom. The molecule has 67 heavy (non-hydrogen) atoms. The van der Waals surface area contributed by atoms with E-state index in [0.717, 1.165) is 100 Å². The molecule has 3 aromatic carbocycles. The van der Waals surface area contributed by atoms with Gasteiger partial charge in [0.25, 0.3) is 0 Å². The molecule has 6 heterocycles. The van der Waals surface area contributed by atoms with Gasteiger partial charge in [0.05, 0.1) is 60.9 Å². The highest BCUT2D eigenvalue weighted by atomic mass is 16.5. The van der Waals surface area contributed by atoms with Gasteiger partial charge in [-0.1, -0.05) is 39.8 Å². The number of nitrogens with one attached hydrogen (secondary N) is 5. The Kier molecular flexibility index (Phi) is 12.8. The van der Waals surface area contributed by atoms with Gasteiger partial charge in [-0.2, -0.15) is 0 Å². The van der Waals surface area contributed by atoms with Gasteiger partial charge >= 0.3 is 12.2 Å². The summed E-state index contributed by atoms with van der Waals surface area (Å²) in [6.07, 6.45) is 4.82. The van der Waals surface area contributed by atoms with E-state index in [1.54, 1.807) is 4.90 Å². The molecule has 0 spiro atoms. The molecular weight excluding hydrogens is 855 g/mol.